The van der Waals surface area contributed by atoms with Gasteiger partial charge in [0.1, 0.15) is 0 Å². The number of hydrogen-bond donors (Lipinski definition) is 2. The average Bonchev–Trinajstić information content (AvgIpc) is 3.12. The topological polar surface area (TPSA) is 76.0 Å². The first-order chi connectivity index (χ1) is 10.1. The number of rotatable bonds is 9. The number of aromatic nitrogens is 2. The van der Waals surface area contributed by atoms with Gasteiger partial charge in [0.05, 0.1) is 11.2 Å². The van der Waals surface area contributed by atoms with Crippen LogP contribution in [0, 0.1) is 0 Å². The Kier molecular flexibility index (Phi) is 5.92. The van der Waals surface area contributed by atoms with Crippen LogP contribution in [0.15, 0.2) is 35.1 Å². The maximum Gasteiger partial charge on any atom is 0.241 e. The van der Waals surface area contributed by atoms with E-state index >= 15 is 0 Å². The van der Waals surface area contributed by atoms with Gasteiger partial charge >= 0.3 is 0 Å². The third-order valence-corrected chi connectivity index (χ3v) is 5.57. The van der Waals surface area contributed by atoms with Crippen LogP contribution in [0.5, 0.6) is 0 Å². The number of aryl methyl sites for hydroxylation is 1. The van der Waals surface area contributed by atoms with Crippen molar-refractivity contribution in [2.45, 2.75) is 31.3 Å². The molecule has 6 nitrogen and oxygen atoms in total. The minimum Gasteiger partial charge on any atom is -0.337 e. The molecule has 2 rings (SSSR count). The van der Waals surface area contributed by atoms with Crippen molar-refractivity contribution in [2.75, 3.05) is 13.1 Å². The summed E-state index contributed by atoms with van der Waals surface area (Å²) < 4.78 is 29.2. The second-order valence-corrected chi connectivity index (χ2v) is 7.28. The quantitative estimate of drug-likeness (QED) is 0.683. The zero-order chi connectivity index (χ0) is 15.1. The van der Waals surface area contributed by atoms with E-state index < -0.39 is 10.0 Å². The highest BCUT2D eigenvalue weighted by Crippen LogP contribution is 2.21. The van der Waals surface area contributed by atoms with Crippen LogP contribution in [0.1, 0.15) is 18.2 Å². The van der Waals surface area contributed by atoms with Gasteiger partial charge in [-0.3, -0.25) is 0 Å². The summed E-state index contributed by atoms with van der Waals surface area (Å²) in [5.74, 6) is 0. The summed E-state index contributed by atoms with van der Waals surface area (Å²) in [5.41, 5.74) is 0. The predicted molar refractivity (Wildman–Crippen MR) is 83.7 cm³/mol. The molecule has 21 heavy (non-hydrogen) atoms. The van der Waals surface area contributed by atoms with Crippen molar-refractivity contribution in [1.82, 2.24) is 19.6 Å². The average molecular weight is 328 g/mol. The monoisotopic (exact) mass is 328 g/mol. The molecule has 2 N–H and O–H groups in total. The van der Waals surface area contributed by atoms with Crippen molar-refractivity contribution >= 4 is 21.4 Å². The molecule has 2 aromatic heterocycles. The lowest BCUT2D eigenvalue weighted by molar-refractivity contribution is 0.568. The van der Waals surface area contributed by atoms with Gasteiger partial charge in [0.25, 0.3) is 0 Å². The van der Waals surface area contributed by atoms with E-state index in [9.17, 15) is 8.42 Å². The van der Waals surface area contributed by atoms with Crippen LogP contribution in [0.2, 0.25) is 0 Å². The molecule has 0 fully saturated rings. The van der Waals surface area contributed by atoms with Gasteiger partial charge in [-0.15, -0.1) is 11.3 Å². The van der Waals surface area contributed by atoms with Crippen LogP contribution in [0.3, 0.4) is 0 Å². The maximum absolute atomic E-state index is 12.3. The fourth-order valence-electron chi connectivity index (χ4n) is 1.90. The molecule has 0 aliphatic heterocycles. The fourth-order valence-corrected chi connectivity index (χ4v) is 4.39. The standard InChI is InChI=1S/C13H20N4O2S2/c1-2-14-10-12-13(4-9-20-12)21(18,19)16-5-3-7-17-8-6-15-11-17/h4,6,8-9,11,14,16H,2-3,5,7,10H2,1H3. The number of nitrogens with zero attached hydrogens (tertiary/aromatic N) is 2. The van der Waals surface area contributed by atoms with Gasteiger partial charge in [-0.2, -0.15) is 0 Å². The molecule has 2 heterocycles. The van der Waals surface area contributed by atoms with Crippen molar-refractivity contribution in [3.8, 4) is 0 Å². The van der Waals surface area contributed by atoms with Gasteiger partial charge < -0.3 is 9.88 Å². The van der Waals surface area contributed by atoms with Gasteiger partial charge in [-0.1, -0.05) is 6.92 Å². The molecule has 0 saturated heterocycles. The van der Waals surface area contributed by atoms with Crippen LogP contribution < -0.4 is 10.0 Å². The van der Waals surface area contributed by atoms with Gasteiger partial charge in [0.2, 0.25) is 10.0 Å². The Morgan fingerprint density at radius 1 is 1.43 bits per heavy atom. The molecule has 0 unspecified atom stereocenters. The van der Waals surface area contributed by atoms with E-state index in [1.807, 2.05) is 23.1 Å². The summed E-state index contributed by atoms with van der Waals surface area (Å²) in [6, 6.07) is 1.66. The zero-order valence-electron chi connectivity index (χ0n) is 11.9. The van der Waals surface area contributed by atoms with Gasteiger partial charge in [0, 0.05) is 36.9 Å². The fraction of sp³-hybridized carbons (Fsp3) is 0.462. The molecular weight excluding hydrogens is 308 g/mol. The minimum atomic E-state index is -3.42. The third kappa shape index (κ3) is 4.63. The SMILES string of the molecule is CCNCc1sccc1S(=O)(=O)NCCCn1ccnc1. The normalized spacial score (nSPS) is 11.9. The number of thiophene rings is 1. The van der Waals surface area contributed by atoms with Crippen molar-refractivity contribution in [3.63, 3.8) is 0 Å². The van der Waals surface area contributed by atoms with E-state index in [4.69, 9.17) is 0 Å². The molecule has 0 saturated carbocycles. The Morgan fingerprint density at radius 3 is 3.00 bits per heavy atom. The molecule has 0 aliphatic rings. The molecule has 116 valence electrons. The van der Waals surface area contributed by atoms with Crippen molar-refractivity contribution in [1.29, 1.82) is 0 Å². The molecule has 0 amide bonds. The summed E-state index contributed by atoms with van der Waals surface area (Å²) in [5, 5.41) is 4.97. The molecule has 0 atom stereocenters. The molecule has 0 spiro atoms. The highest BCUT2D eigenvalue weighted by molar-refractivity contribution is 7.89. The van der Waals surface area contributed by atoms with Crippen molar-refractivity contribution < 1.29 is 8.42 Å². The number of sulfonamides is 1. The van der Waals surface area contributed by atoms with E-state index in [1.54, 1.807) is 18.6 Å². The van der Waals surface area contributed by atoms with E-state index in [-0.39, 0.29) is 0 Å². The van der Waals surface area contributed by atoms with Crippen LogP contribution in [-0.2, 0) is 23.1 Å². The summed E-state index contributed by atoms with van der Waals surface area (Å²) in [4.78, 5) is 5.18. The van der Waals surface area contributed by atoms with Gasteiger partial charge in [-0.05, 0) is 24.4 Å². The van der Waals surface area contributed by atoms with E-state index in [0.29, 0.717) is 18.0 Å². The number of hydrogen-bond acceptors (Lipinski definition) is 5. The minimum absolute atomic E-state index is 0.385. The Hall–Kier alpha value is -1.22. The van der Waals surface area contributed by atoms with E-state index in [0.717, 1.165) is 24.4 Å². The highest BCUT2D eigenvalue weighted by Gasteiger charge is 2.18. The first-order valence-corrected chi connectivity index (χ1v) is 9.22. The second kappa shape index (κ2) is 7.69. The lowest BCUT2D eigenvalue weighted by Gasteiger charge is -2.08. The van der Waals surface area contributed by atoms with Crippen LogP contribution in [0.4, 0.5) is 0 Å². The maximum atomic E-state index is 12.3. The molecule has 0 aromatic carbocycles. The Balaban J connectivity index is 1.87. The smallest absolute Gasteiger partial charge is 0.241 e. The predicted octanol–water partition coefficient (Wildman–Crippen LogP) is 1.42. The largest absolute Gasteiger partial charge is 0.337 e. The Bertz CT molecular complexity index is 635. The summed E-state index contributed by atoms with van der Waals surface area (Å²) in [7, 11) is -3.42. The number of imidazole rings is 1. The zero-order valence-corrected chi connectivity index (χ0v) is 13.6. The van der Waals surface area contributed by atoms with Gasteiger partial charge in [-0.25, -0.2) is 18.1 Å². The van der Waals surface area contributed by atoms with Crippen molar-refractivity contribution in [2.24, 2.45) is 0 Å². The Labute approximate surface area is 129 Å². The van der Waals surface area contributed by atoms with Crippen LogP contribution >= 0.6 is 11.3 Å². The van der Waals surface area contributed by atoms with Crippen LogP contribution in [0.25, 0.3) is 0 Å². The first-order valence-electron chi connectivity index (χ1n) is 6.86. The third-order valence-electron chi connectivity index (χ3n) is 2.97. The molecule has 2 aromatic rings. The molecular formula is C13H20N4O2S2. The molecule has 0 bridgehead atoms. The molecule has 0 radical (unpaired) electrons. The van der Waals surface area contributed by atoms with Crippen molar-refractivity contribution in [3.05, 3.63) is 35.0 Å². The lowest BCUT2D eigenvalue weighted by Crippen LogP contribution is -2.26. The highest BCUT2D eigenvalue weighted by atomic mass is 32.2. The van der Waals surface area contributed by atoms with E-state index in [2.05, 4.69) is 15.0 Å². The van der Waals surface area contributed by atoms with E-state index in [1.165, 1.54) is 11.3 Å². The molecule has 8 heteroatoms. The first kappa shape index (κ1) is 16.2. The second-order valence-electron chi connectivity index (χ2n) is 4.54. The van der Waals surface area contributed by atoms with Crippen LogP contribution in [-0.4, -0.2) is 31.1 Å². The number of nitrogens with one attached hydrogen (secondary N) is 2. The lowest BCUT2D eigenvalue weighted by atomic mass is 10.4. The summed E-state index contributed by atoms with van der Waals surface area (Å²) >= 11 is 1.46. The van der Waals surface area contributed by atoms with Gasteiger partial charge in [0.15, 0.2) is 0 Å². The molecule has 0 aliphatic carbocycles. The summed E-state index contributed by atoms with van der Waals surface area (Å²) in [6.07, 6.45) is 6.02. The summed E-state index contributed by atoms with van der Waals surface area (Å²) in [6.45, 7) is 4.55. The Morgan fingerprint density at radius 2 is 2.29 bits per heavy atom.